The van der Waals surface area contributed by atoms with E-state index >= 15 is 0 Å². The second-order valence-electron chi connectivity index (χ2n) is 7.63. The van der Waals surface area contributed by atoms with E-state index in [1.54, 1.807) is 0 Å². The van der Waals surface area contributed by atoms with E-state index in [1.165, 1.54) is 17.0 Å². The maximum Gasteiger partial charge on any atom is 0.170 e. The molecule has 29 heavy (non-hydrogen) atoms. The highest BCUT2D eigenvalue weighted by Crippen LogP contribution is 2.41. The van der Waals surface area contributed by atoms with Crippen molar-refractivity contribution in [3.05, 3.63) is 77.0 Å². The molecule has 0 saturated carbocycles. The second-order valence-corrected chi connectivity index (χ2v) is 8.01. The molecular formula is C23H27N5S. The van der Waals surface area contributed by atoms with E-state index in [4.69, 9.17) is 12.2 Å². The monoisotopic (exact) mass is 405 g/mol. The number of nitrogens with zero attached hydrogens (tertiary/aromatic N) is 4. The van der Waals surface area contributed by atoms with Crippen LogP contribution in [-0.2, 0) is 0 Å². The minimum atomic E-state index is 0.0222. The maximum atomic E-state index is 5.73. The SMILES string of the molecule is CCCN1C(=S)NC(c2ccccn2)C1c1cc(C)n(-c2ncccc2C)c1C. The number of rotatable bonds is 5. The molecule has 150 valence electrons. The van der Waals surface area contributed by atoms with Crippen molar-refractivity contribution in [3.63, 3.8) is 0 Å². The van der Waals surface area contributed by atoms with Crippen LogP contribution in [0.1, 0.15) is 53.6 Å². The van der Waals surface area contributed by atoms with Crippen LogP contribution in [0.4, 0.5) is 0 Å². The van der Waals surface area contributed by atoms with Crippen LogP contribution in [0.2, 0.25) is 0 Å². The van der Waals surface area contributed by atoms with Gasteiger partial charge in [-0.2, -0.15) is 0 Å². The molecule has 0 amide bonds. The first-order chi connectivity index (χ1) is 14.0. The summed E-state index contributed by atoms with van der Waals surface area (Å²) in [4.78, 5) is 11.6. The topological polar surface area (TPSA) is 46.0 Å². The van der Waals surface area contributed by atoms with Gasteiger partial charge in [0.15, 0.2) is 5.11 Å². The summed E-state index contributed by atoms with van der Waals surface area (Å²) in [5.41, 5.74) is 5.81. The molecule has 0 aromatic carbocycles. The molecule has 0 aliphatic carbocycles. The van der Waals surface area contributed by atoms with Crippen LogP contribution in [0, 0.1) is 20.8 Å². The molecule has 5 nitrogen and oxygen atoms in total. The van der Waals surface area contributed by atoms with Gasteiger partial charge in [0.2, 0.25) is 0 Å². The predicted octanol–water partition coefficient (Wildman–Crippen LogP) is 4.58. The predicted molar refractivity (Wildman–Crippen MR) is 120 cm³/mol. The molecular weight excluding hydrogens is 378 g/mol. The summed E-state index contributed by atoms with van der Waals surface area (Å²) in [5.74, 6) is 0.985. The largest absolute Gasteiger partial charge is 0.352 e. The fraction of sp³-hybridized carbons (Fsp3) is 0.348. The third-order valence-electron chi connectivity index (χ3n) is 5.64. The lowest BCUT2D eigenvalue weighted by atomic mass is 9.96. The van der Waals surface area contributed by atoms with Crippen molar-refractivity contribution in [2.24, 2.45) is 0 Å². The van der Waals surface area contributed by atoms with Gasteiger partial charge in [0, 0.05) is 30.3 Å². The van der Waals surface area contributed by atoms with E-state index in [9.17, 15) is 0 Å². The number of aryl methyl sites for hydroxylation is 2. The molecule has 4 heterocycles. The lowest BCUT2D eigenvalue weighted by molar-refractivity contribution is 0.316. The van der Waals surface area contributed by atoms with Gasteiger partial charge < -0.3 is 14.8 Å². The lowest BCUT2D eigenvalue weighted by Gasteiger charge is -2.27. The van der Waals surface area contributed by atoms with Crippen LogP contribution < -0.4 is 5.32 Å². The van der Waals surface area contributed by atoms with Crippen LogP contribution in [0.25, 0.3) is 5.82 Å². The van der Waals surface area contributed by atoms with E-state index in [2.05, 4.69) is 70.6 Å². The summed E-state index contributed by atoms with van der Waals surface area (Å²) < 4.78 is 2.26. The van der Waals surface area contributed by atoms with Crippen LogP contribution in [-0.4, -0.2) is 31.1 Å². The van der Waals surface area contributed by atoms with Gasteiger partial charge in [-0.25, -0.2) is 4.98 Å². The number of nitrogens with one attached hydrogen (secondary N) is 1. The van der Waals surface area contributed by atoms with E-state index in [0.717, 1.165) is 35.2 Å². The third kappa shape index (κ3) is 3.42. The number of thiocarbonyl (C=S) groups is 1. The normalized spacial score (nSPS) is 18.9. The second kappa shape index (κ2) is 7.95. The Kier molecular flexibility index (Phi) is 5.37. The lowest BCUT2D eigenvalue weighted by Crippen LogP contribution is -2.30. The average molecular weight is 406 g/mol. The van der Waals surface area contributed by atoms with Crippen molar-refractivity contribution < 1.29 is 0 Å². The molecule has 1 saturated heterocycles. The molecule has 3 aromatic rings. The van der Waals surface area contributed by atoms with Gasteiger partial charge in [-0.15, -0.1) is 0 Å². The van der Waals surface area contributed by atoms with Gasteiger partial charge in [0.05, 0.1) is 17.8 Å². The minimum absolute atomic E-state index is 0.0222. The highest BCUT2D eigenvalue weighted by atomic mass is 32.1. The zero-order chi connectivity index (χ0) is 20.5. The molecule has 0 radical (unpaired) electrons. The molecule has 2 unspecified atom stereocenters. The van der Waals surface area contributed by atoms with Crippen molar-refractivity contribution in [3.8, 4) is 5.82 Å². The van der Waals surface area contributed by atoms with Crippen LogP contribution in [0.3, 0.4) is 0 Å². The number of pyridine rings is 2. The average Bonchev–Trinajstić information content (AvgIpc) is 3.19. The van der Waals surface area contributed by atoms with Gasteiger partial charge in [0.25, 0.3) is 0 Å². The molecule has 3 aromatic heterocycles. The van der Waals surface area contributed by atoms with Crippen LogP contribution in [0.15, 0.2) is 48.8 Å². The standard InChI is InChI=1S/C23H27N5S/c1-5-13-27-21(20(26-23(27)29)19-10-6-7-11-24-19)18-14-16(3)28(17(18)4)22-15(2)9-8-12-25-22/h6-12,14,20-21H,5,13H2,1-4H3,(H,26,29). The van der Waals surface area contributed by atoms with E-state index in [0.29, 0.717) is 0 Å². The summed E-state index contributed by atoms with van der Waals surface area (Å²) in [6.07, 6.45) is 4.73. The van der Waals surface area contributed by atoms with Crippen molar-refractivity contribution in [1.29, 1.82) is 0 Å². The molecule has 6 heteroatoms. The zero-order valence-corrected chi connectivity index (χ0v) is 18.2. The third-order valence-corrected chi connectivity index (χ3v) is 6.00. The minimum Gasteiger partial charge on any atom is -0.352 e. The molecule has 0 bridgehead atoms. The Balaban J connectivity index is 1.85. The van der Waals surface area contributed by atoms with Crippen molar-refractivity contribution in [2.75, 3.05) is 6.54 Å². The molecule has 2 atom stereocenters. The summed E-state index contributed by atoms with van der Waals surface area (Å²) >= 11 is 5.73. The molecule has 0 spiro atoms. The maximum absolute atomic E-state index is 5.73. The summed E-state index contributed by atoms with van der Waals surface area (Å²) in [6.45, 7) is 9.52. The first-order valence-electron chi connectivity index (χ1n) is 10.1. The van der Waals surface area contributed by atoms with Crippen LogP contribution >= 0.6 is 12.2 Å². The zero-order valence-electron chi connectivity index (χ0n) is 17.4. The first kappa shape index (κ1) is 19.6. The highest BCUT2D eigenvalue weighted by molar-refractivity contribution is 7.80. The fourth-order valence-electron chi connectivity index (χ4n) is 4.35. The molecule has 1 aliphatic heterocycles. The number of hydrogen-bond donors (Lipinski definition) is 1. The Bertz CT molecular complexity index is 1030. The van der Waals surface area contributed by atoms with E-state index < -0.39 is 0 Å². The molecule has 1 N–H and O–H groups in total. The number of aromatic nitrogens is 3. The van der Waals surface area contributed by atoms with Gasteiger partial charge in [-0.05, 0) is 74.8 Å². The molecule has 1 fully saturated rings. The van der Waals surface area contributed by atoms with Gasteiger partial charge in [-0.3, -0.25) is 4.98 Å². The summed E-state index contributed by atoms with van der Waals surface area (Å²) in [7, 11) is 0. The Hall–Kier alpha value is -2.73. The molecule has 1 aliphatic rings. The Labute approximate surface area is 177 Å². The number of hydrogen-bond acceptors (Lipinski definition) is 3. The van der Waals surface area contributed by atoms with E-state index in [-0.39, 0.29) is 12.1 Å². The Morgan fingerprint density at radius 3 is 2.55 bits per heavy atom. The Morgan fingerprint density at radius 2 is 1.86 bits per heavy atom. The first-order valence-corrected chi connectivity index (χ1v) is 10.5. The fourth-order valence-corrected chi connectivity index (χ4v) is 4.68. The quantitative estimate of drug-likeness (QED) is 0.630. The van der Waals surface area contributed by atoms with Crippen molar-refractivity contribution >= 4 is 17.3 Å². The highest BCUT2D eigenvalue weighted by Gasteiger charge is 2.41. The summed E-state index contributed by atoms with van der Waals surface area (Å²) in [5, 5.41) is 4.33. The smallest absolute Gasteiger partial charge is 0.170 e. The van der Waals surface area contributed by atoms with Gasteiger partial charge in [-0.1, -0.05) is 19.1 Å². The van der Waals surface area contributed by atoms with Gasteiger partial charge >= 0.3 is 0 Å². The molecule has 4 rings (SSSR count). The van der Waals surface area contributed by atoms with E-state index in [1.807, 2.05) is 30.6 Å². The van der Waals surface area contributed by atoms with Crippen LogP contribution in [0.5, 0.6) is 0 Å². The van der Waals surface area contributed by atoms with Gasteiger partial charge in [0.1, 0.15) is 5.82 Å². The van der Waals surface area contributed by atoms with Crippen molar-refractivity contribution in [1.82, 2.24) is 24.8 Å². The Morgan fingerprint density at radius 1 is 1.07 bits per heavy atom. The van der Waals surface area contributed by atoms with Crippen molar-refractivity contribution in [2.45, 2.75) is 46.2 Å². The summed E-state index contributed by atoms with van der Waals surface area (Å²) in [6, 6.07) is 12.5.